The average molecular weight is 454 g/mol. The van der Waals surface area contributed by atoms with Crippen molar-refractivity contribution in [2.45, 2.75) is 58.0 Å². The summed E-state index contributed by atoms with van der Waals surface area (Å²) in [4.78, 5) is 12.3. The Morgan fingerprint density at radius 1 is 1.24 bits per heavy atom. The molecule has 2 aromatic heterocycles. The van der Waals surface area contributed by atoms with Crippen LogP contribution in [0.5, 0.6) is 0 Å². The van der Waals surface area contributed by atoms with E-state index in [1.54, 1.807) is 0 Å². The lowest BCUT2D eigenvalue weighted by Crippen LogP contribution is -2.41. The van der Waals surface area contributed by atoms with Gasteiger partial charge in [-0.15, -0.1) is 0 Å². The highest BCUT2D eigenvalue weighted by Crippen LogP contribution is 2.36. The summed E-state index contributed by atoms with van der Waals surface area (Å²) in [6, 6.07) is 13.0. The highest BCUT2D eigenvalue weighted by atomic mass is 15.2. The molecule has 3 fully saturated rings. The first-order valence-electron chi connectivity index (χ1n) is 12.8. The van der Waals surface area contributed by atoms with Crippen LogP contribution in [-0.2, 0) is 6.54 Å². The zero-order chi connectivity index (χ0) is 23.3. The number of nitrogens with zero attached hydrogens (tertiary/aromatic N) is 4. The van der Waals surface area contributed by atoms with Crippen LogP contribution in [0.25, 0.3) is 16.7 Å². The van der Waals surface area contributed by atoms with Gasteiger partial charge in [-0.3, -0.25) is 4.99 Å². The molecule has 1 aliphatic carbocycles. The predicted octanol–water partition coefficient (Wildman–Crippen LogP) is 5.69. The van der Waals surface area contributed by atoms with Crippen LogP contribution in [0.1, 0.15) is 55.8 Å². The summed E-state index contributed by atoms with van der Waals surface area (Å²) in [6.45, 7) is 13.1. The molecule has 6 rings (SSSR count). The molecule has 34 heavy (non-hydrogen) atoms. The van der Waals surface area contributed by atoms with Crippen LogP contribution in [0.2, 0.25) is 0 Å². The first kappa shape index (κ1) is 21.6. The van der Waals surface area contributed by atoms with E-state index in [0.29, 0.717) is 5.54 Å². The Hall–Kier alpha value is -2.92. The Bertz CT molecular complexity index is 1270. The van der Waals surface area contributed by atoms with E-state index >= 15 is 0 Å². The molecule has 2 saturated heterocycles. The third-order valence-electron chi connectivity index (χ3n) is 8.06. The van der Waals surface area contributed by atoms with Gasteiger partial charge in [0.05, 0.1) is 17.1 Å². The molecule has 1 aromatic carbocycles. The summed E-state index contributed by atoms with van der Waals surface area (Å²) in [6.07, 6.45) is 8.31. The zero-order valence-electron chi connectivity index (χ0n) is 20.5. The van der Waals surface area contributed by atoms with E-state index in [1.165, 1.54) is 54.3 Å². The Kier molecular flexibility index (Phi) is 5.33. The largest absolute Gasteiger partial charge is 0.370 e. The highest BCUT2D eigenvalue weighted by molar-refractivity contribution is 6.03. The lowest BCUT2D eigenvalue weighted by Gasteiger charge is -2.26. The second kappa shape index (κ2) is 8.38. The van der Waals surface area contributed by atoms with E-state index in [2.05, 4.69) is 70.5 Å². The van der Waals surface area contributed by atoms with Crippen LogP contribution in [-0.4, -0.2) is 45.3 Å². The normalized spacial score (nSPS) is 22.9. The summed E-state index contributed by atoms with van der Waals surface area (Å²) in [7, 11) is 0. The number of likely N-dealkylation sites (tertiary alicyclic amines) is 1. The summed E-state index contributed by atoms with van der Waals surface area (Å²) in [5, 5.41) is 4.94. The Balaban J connectivity index is 1.30. The van der Waals surface area contributed by atoms with Crippen molar-refractivity contribution in [3.05, 3.63) is 66.0 Å². The van der Waals surface area contributed by atoms with Crippen molar-refractivity contribution in [3.8, 4) is 0 Å². The monoisotopic (exact) mass is 453 g/mol. The Labute approximate surface area is 202 Å². The molecule has 1 atom stereocenters. The van der Waals surface area contributed by atoms with E-state index in [4.69, 9.17) is 4.99 Å². The molecule has 3 aromatic rings. The number of hydrogen-bond acceptors (Lipinski definition) is 4. The lowest BCUT2D eigenvalue weighted by molar-refractivity contribution is 0.374. The summed E-state index contributed by atoms with van der Waals surface area (Å²) >= 11 is 0. The molecular weight excluding hydrogens is 418 g/mol. The Morgan fingerprint density at radius 3 is 2.91 bits per heavy atom. The van der Waals surface area contributed by atoms with Crippen molar-refractivity contribution in [3.63, 3.8) is 0 Å². The van der Waals surface area contributed by atoms with Crippen molar-refractivity contribution < 1.29 is 0 Å². The van der Waals surface area contributed by atoms with Crippen LogP contribution in [0.15, 0.2) is 54.2 Å². The minimum absolute atomic E-state index is 0.300. The van der Waals surface area contributed by atoms with Gasteiger partial charge in [0.2, 0.25) is 0 Å². The highest BCUT2D eigenvalue weighted by Gasteiger charge is 2.40. The van der Waals surface area contributed by atoms with E-state index in [0.717, 1.165) is 54.8 Å². The average Bonchev–Trinajstić information content (AvgIpc) is 3.23. The fourth-order valence-electron chi connectivity index (χ4n) is 5.78. The van der Waals surface area contributed by atoms with Crippen LogP contribution in [0.3, 0.4) is 0 Å². The van der Waals surface area contributed by atoms with Crippen LogP contribution in [0.4, 0.5) is 5.69 Å². The molecule has 1 spiro atoms. The number of benzene rings is 1. The third kappa shape index (κ3) is 3.96. The van der Waals surface area contributed by atoms with Gasteiger partial charge in [0.15, 0.2) is 0 Å². The maximum Gasteiger partial charge on any atom is 0.140 e. The van der Waals surface area contributed by atoms with Crippen LogP contribution >= 0.6 is 0 Å². The van der Waals surface area contributed by atoms with E-state index in [-0.39, 0.29) is 0 Å². The summed E-state index contributed by atoms with van der Waals surface area (Å²) in [5.74, 6) is 0.774. The minimum atomic E-state index is 0.300. The molecular formula is C29H35N5. The minimum Gasteiger partial charge on any atom is -0.370 e. The number of nitrogens with one attached hydrogen (secondary N) is 1. The van der Waals surface area contributed by atoms with E-state index < -0.39 is 0 Å². The van der Waals surface area contributed by atoms with Crippen molar-refractivity contribution in [1.29, 1.82) is 0 Å². The number of aromatic nitrogens is 2. The smallest absolute Gasteiger partial charge is 0.140 e. The molecule has 0 radical (unpaired) electrons. The van der Waals surface area contributed by atoms with Gasteiger partial charge < -0.3 is 14.8 Å². The number of pyridine rings is 1. The van der Waals surface area contributed by atoms with E-state index in [9.17, 15) is 0 Å². The second-order valence-corrected chi connectivity index (χ2v) is 10.6. The fraction of sp³-hybridized carbons (Fsp3) is 0.448. The fourth-order valence-corrected chi connectivity index (χ4v) is 5.78. The van der Waals surface area contributed by atoms with Gasteiger partial charge in [0.25, 0.3) is 0 Å². The molecule has 1 unspecified atom stereocenters. The maximum atomic E-state index is 5.15. The second-order valence-electron chi connectivity index (χ2n) is 10.6. The van der Waals surface area contributed by atoms with Crippen LogP contribution < -0.4 is 5.32 Å². The predicted molar refractivity (Wildman–Crippen MR) is 141 cm³/mol. The molecule has 176 valence electrons. The first-order valence-corrected chi connectivity index (χ1v) is 12.8. The SMILES string of the molecule is C=C(c1ccc(C)c(N=C(C)c2cc3cccnc3n2CC2CC2)c1)N1CCC2(CCCN2)C1. The summed E-state index contributed by atoms with van der Waals surface area (Å²) in [5.41, 5.74) is 8.10. The molecule has 0 amide bonds. The van der Waals surface area contributed by atoms with E-state index in [1.807, 2.05) is 12.3 Å². The van der Waals surface area contributed by atoms with Gasteiger partial charge in [-0.05, 0) is 93.8 Å². The van der Waals surface area contributed by atoms with Gasteiger partial charge in [0.1, 0.15) is 5.65 Å². The molecule has 0 bridgehead atoms. The standard InChI is InChI=1S/C29H35N5/c1-20-7-10-24(22(3)33-15-12-29(19-33)11-5-14-31-29)16-26(20)32-21(2)27-17-25-6-4-13-30-28(25)34(27)18-23-8-9-23/h4,6-7,10,13,16-17,23,31H,3,5,8-9,11-12,14-15,18-19H2,1-2H3. The van der Waals surface area contributed by atoms with Crippen molar-refractivity contribution in [1.82, 2.24) is 19.8 Å². The quantitative estimate of drug-likeness (QED) is 0.488. The van der Waals surface area contributed by atoms with Gasteiger partial charge in [-0.25, -0.2) is 4.98 Å². The number of fused-ring (bicyclic) bond motifs is 1. The number of aliphatic imine (C=N–C) groups is 1. The van der Waals surface area contributed by atoms with Crippen molar-refractivity contribution in [2.24, 2.45) is 10.9 Å². The number of rotatable bonds is 6. The molecule has 3 aliphatic rings. The topological polar surface area (TPSA) is 45.5 Å². The van der Waals surface area contributed by atoms with Crippen molar-refractivity contribution >= 4 is 28.1 Å². The van der Waals surface area contributed by atoms with Crippen LogP contribution in [0, 0.1) is 12.8 Å². The van der Waals surface area contributed by atoms with Gasteiger partial charge in [-0.1, -0.05) is 18.7 Å². The first-order chi connectivity index (χ1) is 16.5. The zero-order valence-corrected chi connectivity index (χ0v) is 20.5. The van der Waals surface area contributed by atoms with Crippen molar-refractivity contribution in [2.75, 3.05) is 19.6 Å². The van der Waals surface area contributed by atoms with Gasteiger partial charge in [0, 0.05) is 42.5 Å². The van der Waals surface area contributed by atoms with Gasteiger partial charge >= 0.3 is 0 Å². The molecule has 5 heteroatoms. The maximum absolute atomic E-state index is 5.15. The third-order valence-corrected chi connectivity index (χ3v) is 8.06. The molecule has 4 heterocycles. The molecule has 1 N–H and O–H groups in total. The number of hydrogen-bond donors (Lipinski definition) is 1. The molecule has 5 nitrogen and oxygen atoms in total. The van der Waals surface area contributed by atoms with Gasteiger partial charge in [-0.2, -0.15) is 0 Å². The molecule has 1 saturated carbocycles. The molecule has 2 aliphatic heterocycles. The summed E-state index contributed by atoms with van der Waals surface area (Å²) < 4.78 is 2.38. The number of aryl methyl sites for hydroxylation is 1. The lowest BCUT2D eigenvalue weighted by atomic mass is 9.97. The Morgan fingerprint density at radius 2 is 2.12 bits per heavy atom.